The molecule has 3 rings (SSSR count). The molecular weight excluding hydrogens is 515 g/mol. The molecule has 0 amide bonds. The third kappa shape index (κ3) is 8.68. The first kappa shape index (κ1) is 27.1. The summed E-state index contributed by atoms with van der Waals surface area (Å²) in [6.45, 7) is 10.1. The average molecular weight is 559 g/mol. The lowest BCUT2D eigenvalue weighted by Crippen LogP contribution is -2.45. The minimum atomic E-state index is 0. The summed E-state index contributed by atoms with van der Waals surface area (Å²) in [6.07, 6.45) is 4.95. The second-order valence-electron chi connectivity index (χ2n) is 8.77. The second-order valence-corrected chi connectivity index (χ2v) is 8.77. The number of hydrogen-bond donors (Lipinski definition) is 2. The topological polar surface area (TPSA) is 55.4 Å². The highest BCUT2D eigenvalue weighted by Crippen LogP contribution is 2.27. The molecule has 1 aromatic rings. The molecule has 2 aliphatic heterocycles. The lowest BCUT2D eigenvalue weighted by Gasteiger charge is -2.32. The van der Waals surface area contributed by atoms with Crippen molar-refractivity contribution >= 4 is 29.9 Å². The van der Waals surface area contributed by atoms with Crippen LogP contribution < -0.4 is 15.4 Å². The Balaban J connectivity index is 0.00000363. The van der Waals surface area contributed by atoms with Crippen LogP contribution in [0, 0.1) is 0 Å². The summed E-state index contributed by atoms with van der Waals surface area (Å²) in [7, 11) is 5.80. The summed E-state index contributed by atoms with van der Waals surface area (Å²) in [4.78, 5) is 12.0. The summed E-state index contributed by atoms with van der Waals surface area (Å²) < 4.78 is 5.46. The van der Waals surface area contributed by atoms with E-state index in [9.17, 15) is 0 Å². The van der Waals surface area contributed by atoms with Gasteiger partial charge in [-0.1, -0.05) is 12.1 Å². The zero-order chi connectivity index (χ0) is 21.9. The highest BCUT2D eigenvalue weighted by molar-refractivity contribution is 14.0. The van der Waals surface area contributed by atoms with E-state index in [0.717, 1.165) is 37.9 Å². The van der Waals surface area contributed by atoms with Gasteiger partial charge in [0.2, 0.25) is 0 Å². The maximum Gasteiger partial charge on any atom is 0.191 e. The highest BCUT2D eigenvalue weighted by atomic mass is 127. The number of likely N-dealkylation sites (N-methyl/N-ethyl adjacent to an activating group) is 1. The molecule has 2 saturated heterocycles. The van der Waals surface area contributed by atoms with Gasteiger partial charge < -0.3 is 25.2 Å². The van der Waals surface area contributed by atoms with Gasteiger partial charge >= 0.3 is 0 Å². The SMILES string of the molecule is CN=C(NCCCCN1CCN(C)CC1)NCC(c1cccc(OC)c1)N1CCCC1.I. The van der Waals surface area contributed by atoms with E-state index in [-0.39, 0.29) is 24.0 Å². The Morgan fingerprint density at radius 2 is 1.81 bits per heavy atom. The molecule has 0 bridgehead atoms. The minimum Gasteiger partial charge on any atom is -0.497 e. The zero-order valence-corrected chi connectivity index (χ0v) is 22.5. The molecule has 8 heteroatoms. The molecule has 1 aromatic carbocycles. The number of methoxy groups -OCH3 is 1. The van der Waals surface area contributed by atoms with Gasteiger partial charge in [-0.25, -0.2) is 0 Å². The van der Waals surface area contributed by atoms with Gasteiger partial charge in [-0.15, -0.1) is 24.0 Å². The van der Waals surface area contributed by atoms with E-state index < -0.39 is 0 Å². The normalized spacial score (nSPS) is 19.4. The molecule has 0 saturated carbocycles. The van der Waals surface area contributed by atoms with Crippen LogP contribution >= 0.6 is 24.0 Å². The number of unbranched alkanes of at least 4 members (excludes halogenated alkanes) is 1. The summed E-state index contributed by atoms with van der Waals surface area (Å²) in [5, 5.41) is 7.07. The molecule has 0 aliphatic carbocycles. The van der Waals surface area contributed by atoms with Crippen LogP contribution in [0.2, 0.25) is 0 Å². The van der Waals surface area contributed by atoms with Crippen molar-refractivity contribution in [2.24, 2.45) is 4.99 Å². The van der Waals surface area contributed by atoms with Crippen LogP contribution in [0.5, 0.6) is 5.75 Å². The van der Waals surface area contributed by atoms with Gasteiger partial charge in [0.25, 0.3) is 0 Å². The molecule has 1 unspecified atom stereocenters. The van der Waals surface area contributed by atoms with Crippen LogP contribution in [0.1, 0.15) is 37.3 Å². The van der Waals surface area contributed by atoms with Crippen molar-refractivity contribution < 1.29 is 4.74 Å². The molecule has 2 aliphatic rings. The number of nitrogens with zero attached hydrogens (tertiary/aromatic N) is 4. The standard InChI is InChI=1S/C24H42N6O.HI/c1-25-24(26-11-4-5-12-29-17-15-28(2)16-18-29)27-20-23(30-13-6-7-14-30)21-9-8-10-22(19-21)31-3;/h8-10,19,23H,4-7,11-18,20H2,1-3H3,(H2,25,26,27);1H. The van der Waals surface area contributed by atoms with E-state index in [1.807, 2.05) is 13.1 Å². The van der Waals surface area contributed by atoms with Gasteiger partial charge in [-0.3, -0.25) is 9.89 Å². The maximum atomic E-state index is 5.46. The molecule has 0 spiro atoms. The van der Waals surface area contributed by atoms with E-state index in [1.165, 1.54) is 64.0 Å². The van der Waals surface area contributed by atoms with Crippen molar-refractivity contribution in [2.45, 2.75) is 31.7 Å². The predicted molar refractivity (Wildman–Crippen MR) is 144 cm³/mol. The lowest BCUT2D eigenvalue weighted by molar-refractivity contribution is 0.152. The van der Waals surface area contributed by atoms with Crippen molar-refractivity contribution in [2.75, 3.05) is 80.1 Å². The molecule has 32 heavy (non-hydrogen) atoms. The average Bonchev–Trinajstić information content (AvgIpc) is 3.33. The number of piperazine rings is 1. The molecular formula is C24H43IN6O. The molecule has 2 fully saturated rings. The number of aliphatic imine (C=N–C) groups is 1. The summed E-state index contributed by atoms with van der Waals surface area (Å²) in [6, 6.07) is 8.81. The lowest BCUT2D eigenvalue weighted by atomic mass is 10.1. The fraction of sp³-hybridized carbons (Fsp3) is 0.708. The maximum absolute atomic E-state index is 5.46. The van der Waals surface area contributed by atoms with Gasteiger partial charge in [0.05, 0.1) is 13.2 Å². The van der Waals surface area contributed by atoms with Crippen molar-refractivity contribution in [3.8, 4) is 5.75 Å². The number of halogens is 1. The van der Waals surface area contributed by atoms with Crippen molar-refractivity contribution in [1.82, 2.24) is 25.3 Å². The minimum absolute atomic E-state index is 0. The van der Waals surface area contributed by atoms with Crippen molar-refractivity contribution in [1.29, 1.82) is 0 Å². The summed E-state index contributed by atoms with van der Waals surface area (Å²) >= 11 is 0. The number of hydrogen-bond acceptors (Lipinski definition) is 5. The van der Waals surface area contributed by atoms with Crippen molar-refractivity contribution in [3.05, 3.63) is 29.8 Å². The number of guanidine groups is 1. The Morgan fingerprint density at radius 1 is 1.06 bits per heavy atom. The first-order chi connectivity index (χ1) is 15.2. The Hall–Kier alpha value is -1.10. The zero-order valence-electron chi connectivity index (χ0n) is 20.2. The molecule has 7 nitrogen and oxygen atoms in total. The van der Waals surface area contributed by atoms with E-state index in [0.29, 0.717) is 6.04 Å². The quantitative estimate of drug-likeness (QED) is 0.200. The van der Waals surface area contributed by atoms with Crippen LogP contribution in [0.3, 0.4) is 0 Å². The Labute approximate surface area is 212 Å². The third-order valence-corrected chi connectivity index (χ3v) is 6.54. The molecule has 0 aromatic heterocycles. The molecule has 1 atom stereocenters. The second kappa shape index (κ2) is 14.9. The molecule has 0 radical (unpaired) electrons. The van der Waals surface area contributed by atoms with Crippen LogP contribution in [0.25, 0.3) is 0 Å². The van der Waals surface area contributed by atoms with Crippen LogP contribution in [-0.2, 0) is 0 Å². The predicted octanol–water partition coefficient (Wildman–Crippen LogP) is 2.64. The fourth-order valence-electron chi connectivity index (χ4n) is 4.51. The van der Waals surface area contributed by atoms with Gasteiger partial charge in [0.1, 0.15) is 5.75 Å². The molecule has 182 valence electrons. The van der Waals surface area contributed by atoms with Gasteiger partial charge in [-0.2, -0.15) is 0 Å². The van der Waals surface area contributed by atoms with Crippen molar-refractivity contribution in [3.63, 3.8) is 0 Å². The first-order valence-corrected chi connectivity index (χ1v) is 11.9. The Bertz CT molecular complexity index is 674. The van der Waals surface area contributed by atoms with E-state index in [1.54, 1.807) is 7.11 Å². The largest absolute Gasteiger partial charge is 0.497 e. The monoisotopic (exact) mass is 558 g/mol. The highest BCUT2D eigenvalue weighted by Gasteiger charge is 2.24. The number of nitrogens with one attached hydrogen (secondary N) is 2. The number of ether oxygens (including phenoxy) is 1. The Morgan fingerprint density at radius 3 is 2.50 bits per heavy atom. The fourth-order valence-corrected chi connectivity index (χ4v) is 4.51. The van der Waals surface area contributed by atoms with Gasteiger partial charge in [-0.05, 0) is 70.1 Å². The van der Waals surface area contributed by atoms with Crippen LogP contribution in [0.4, 0.5) is 0 Å². The van der Waals surface area contributed by atoms with E-state index in [2.05, 4.69) is 55.6 Å². The van der Waals surface area contributed by atoms with E-state index >= 15 is 0 Å². The smallest absolute Gasteiger partial charge is 0.191 e. The molecule has 2 N–H and O–H groups in total. The van der Waals surface area contributed by atoms with Gasteiger partial charge in [0, 0.05) is 46.3 Å². The molecule has 2 heterocycles. The van der Waals surface area contributed by atoms with Gasteiger partial charge in [0.15, 0.2) is 5.96 Å². The first-order valence-electron chi connectivity index (χ1n) is 11.9. The van der Waals surface area contributed by atoms with Crippen LogP contribution in [-0.4, -0.2) is 101 Å². The number of rotatable bonds is 10. The Kier molecular flexibility index (Phi) is 12.7. The number of likely N-dealkylation sites (tertiary alicyclic amines) is 1. The number of benzene rings is 1. The van der Waals surface area contributed by atoms with E-state index in [4.69, 9.17) is 4.74 Å². The third-order valence-electron chi connectivity index (χ3n) is 6.54. The summed E-state index contributed by atoms with van der Waals surface area (Å²) in [5.74, 6) is 1.82. The summed E-state index contributed by atoms with van der Waals surface area (Å²) in [5.41, 5.74) is 1.30. The van der Waals surface area contributed by atoms with Crippen LogP contribution in [0.15, 0.2) is 29.3 Å².